The van der Waals surface area contributed by atoms with E-state index in [2.05, 4.69) is 5.32 Å². The van der Waals surface area contributed by atoms with Crippen LogP contribution in [-0.4, -0.2) is 29.9 Å². The maximum Gasteiger partial charge on any atom is 0.303 e. The Kier molecular flexibility index (Phi) is 9.26. The molecule has 0 spiro atoms. The van der Waals surface area contributed by atoms with Crippen LogP contribution in [0.1, 0.15) is 51.1 Å². The van der Waals surface area contributed by atoms with Crippen LogP contribution in [0.25, 0.3) is 17.2 Å². The summed E-state index contributed by atoms with van der Waals surface area (Å²) in [6, 6.07) is 29.9. The molecule has 0 unspecified atom stereocenters. The van der Waals surface area contributed by atoms with Gasteiger partial charge in [0, 0.05) is 30.3 Å². The molecule has 2 N–H and O–H groups in total. The average Bonchev–Trinajstić information content (AvgIpc) is 2.97. The maximum absolute atomic E-state index is 13.3. The monoisotopic (exact) mass is 532 g/mol. The van der Waals surface area contributed by atoms with E-state index < -0.39 is 5.97 Å². The van der Waals surface area contributed by atoms with Crippen LogP contribution in [0.4, 0.5) is 11.4 Å². The van der Waals surface area contributed by atoms with Crippen molar-refractivity contribution < 1.29 is 19.5 Å². The van der Waals surface area contributed by atoms with Crippen LogP contribution in [0, 0.1) is 6.92 Å². The van der Waals surface area contributed by atoms with Gasteiger partial charge in [-0.15, -0.1) is 0 Å². The molecule has 0 aromatic heterocycles. The summed E-state index contributed by atoms with van der Waals surface area (Å²) in [5.41, 5.74) is 6.22. The molecular formula is C34H32N2O4. The lowest BCUT2D eigenvalue weighted by Gasteiger charge is -2.20. The number of anilines is 2. The van der Waals surface area contributed by atoms with Crippen molar-refractivity contribution in [3.05, 3.63) is 125 Å². The minimum absolute atomic E-state index is 0.125. The molecule has 0 bridgehead atoms. The standard InChI is InChI=1S/C34H32N2O4/c1-24-16-18-25(19-17-24)29-12-7-8-13-30(29)33(39)35-28-22-20-27(21-23-28)34(40)36(2)31-14-9-6-11-26(31)10-4-3-5-15-32(37)38/h4,6-14,16-23H,3,5,15H2,1-2H3,(H,35,39)(H,37,38)/b10-4+. The van der Waals surface area contributed by atoms with Gasteiger partial charge in [-0.3, -0.25) is 14.4 Å². The van der Waals surface area contributed by atoms with Gasteiger partial charge in [0.05, 0.1) is 5.69 Å². The Morgan fingerprint density at radius 2 is 1.52 bits per heavy atom. The molecule has 2 amide bonds. The molecule has 4 rings (SSSR count). The molecule has 0 aliphatic carbocycles. The molecule has 0 saturated carbocycles. The Bertz CT molecular complexity index is 1520. The molecular weight excluding hydrogens is 500 g/mol. The van der Waals surface area contributed by atoms with E-state index in [-0.39, 0.29) is 18.2 Å². The van der Waals surface area contributed by atoms with Crippen molar-refractivity contribution >= 4 is 35.2 Å². The molecule has 0 aliphatic heterocycles. The van der Waals surface area contributed by atoms with Crippen LogP contribution in [0.15, 0.2) is 103 Å². The van der Waals surface area contributed by atoms with Gasteiger partial charge in [-0.05, 0) is 72.9 Å². The van der Waals surface area contributed by atoms with Crippen molar-refractivity contribution in [2.24, 2.45) is 0 Å². The number of aliphatic carboxylic acids is 1. The zero-order chi connectivity index (χ0) is 28.5. The lowest BCUT2D eigenvalue weighted by molar-refractivity contribution is -0.137. The van der Waals surface area contributed by atoms with Crippen LogP contribution < -0.4 is 10.2 Å². The molecule has 4 aromatic carbocycles. The van der Waals surface area contributed by atoms with Crippen LogP contribution in [0.2, 0.25) is 0 Å². The molecule has 0 fully saturated rings. The van der Waals surface area contributed by atoms with Crippen LogP contribution >= 0.6 is 0 Å². The molecule has 6 nitrogen and oxygen atoms in total. The fourth-order valence-electron chi connectivity index (χ4n) is 4.38. The third kappa shape index (κ3) is 7.11. The predicted molar refractivity (Wildman–Crippen MR) is 161 cm³/mol. The van der Waals surface area contributed by atoms with Crippen molar-refractivity contribution in [1.82, 2.24) is 0 Å². The zero-order valence-corrected chi connectivity index (χ0v) is 22.6. The van der Waals surface area contributed by atoms with Gasteiger partial charge in [0.2, 0.25) is 0 Å². The highest BCUT2D eigenvalue weighted by Gasteiger charge is 2.17. The number of nitrogens with zero attached hydrogens (tertiary/aromatic N) is 1. The maximum atomic E-state index is 13.3. The summed E-state index contributed by atoms with van der Waals surface area (Å²) in [4.78, 5) is 38.7. The minimum atomic E-state index is -0.809. The van der Waals surface area contributed by atoms with E-state index in [1.54, 1.807) is 42.3 Å². The highest BCUT2D eigenvalue weighted by Crippen LogP contribution is 2.26. The number of carboxylic acid groups (broad SMARTS) is 1. The smallest absolute Gasteiger partial charge is 0.303 e. The first-order valence-corrected chi connectivity index (χ1v) is 13.2. The second kappa shape index (κ2) is 13.2. The fraction of sp³-hybridized carbons (Fsp3) is 0.147. The number of amides is 2. The van der Waals surface area contributed by atoms with Crippen molar-refractivity contribution in [1.29, 1.82) is 0 Å². The van der Waals surface area contributed by atoms with E-state index in [9.17, 15) is 14.4 Å². The van der Waals surface area contributed by atoms with Crippen molar-refractivity contribution in [2.45, 2.75) is 26.2 Å². The third-order valence-corrected chi connectivity index (χ3v) is 6.59. The molecule has 0 radical (unpaired) electrons. The lowest BCUT2D eigenvalue weighted by Crippen LogP contribution is -2.26. The number of unbranched alkanes of at least 4 members (excludes halogenated alkanes) is 1. The Morgan fingerprint density at radius 1 is 0.850 bits per heavy atom. The summed E-state index contributed by atoms with van der Waals surface area (Å²) in [6.45, 7) is 2.03. The number of aryl methyl sites for hydroxylation is 1. The van der Waals surface area contributed by atoms with Gasteiger partial charge in [-0.2, -0.15) is 0 Å². The van der Waals surface area contributed by atoms with E-state index in [0.717, 1.165) is 27.9 Å². The van der Waals surface area contributed by atoms with Crippen LogP contribution in [0.3, 0.4) is 0 Å². The number of hydrogen-bond donors (Lipinski definition) is 2. The number of carbonyl (C=O) groups excluding carboxylic acids is 2. The number of para-hydroxylation sites is 1. The van der Waals surface area contributed by atoms with Crippen molar-refractivity contribution in [3.8, 4) is 11.1 Å². The molecule has 40 heavy (non-hydrogen) atoms. The van der Waals surface area contributed by atoms with E-state index in [4.69, 9.17) is 5.11 Å². The average molecular weight is 533 g/mol. The first-order chi connectivity index (χ1) is 19.3. The number of carboxylic acids is 1. The zero-order valence-electron chi connectivity index (χ0n) is 22.6. The van der Waals surface area contributed by atoms with Gasteiger partial charge in [-0.1, -0.05) is 78.4 Å². The second-order valence-corrected chi connectivity index (χ2v) is 9.55. The number of rotatable bonds is 10. The van der Waals surface area contributed by atoms with E-state index in [0.29, 0.717) is 29.7 Å². The first-order valence-electron chi connectivity index (χ1n) is 13.2. The molecule has 0 heterocycles. The predicted octanol–water partition coefficient (Wildman–Crippen LogP) is 7.46. The summed E-state index contributed by atoms with van der Waals surface area (Å²) < 4.78 is 0. The summed E-state index contributed by atoms with van der Waals surface area (Å²) in [6.07, 6.45) is 5.16. The number of carbonyl (C=O) groups is 3. The Hall–Kier alpha value is -4.97. The number of nitrogens with one attached hydrogen (secondary N) is 1. The summed E-state index contributed by atoms with van der Waals surface area (Å²) in [5.74, 6) is -1.22. The Labute approximate surface area is 234 Å². The number of benzene rings is 4. The van der Waals surface area contributed by atoms with Crippen LogP contribution in [-0.2, 0) is 4.79 Å². The topological polar surface area (TPSA) is 86.7 Å². The summed E-state index contributed by atoms with van der Waals surface area (Å²) >= 11 is 0. The van der Waals surface area contributed by atoms with Gasteiger partial charge in [0.15, 0.2) is 0 Å². The number of hydrogen-bond acceptors (Lipinski definition) is 3. The normalized spacial score (nSPS) is 10.8. The Balaban J connectivity index is 1.45. The Morgan fingerprint density at radius 3 is 2.25 bits per heavy atom. The molecule has 0 atom stereocenters. The number of allylic oxidation sites excluding steroid dienone is 1. The first kappa shape index (κ1) is 28.0. The lowest BCUT2D eigenvalue weighted by atomic mass is 9.98. The van der Waals surface area contributed by atoms with Gasteiger partial charge < -0.3 is 15.3 Å². The highest BCUT2D eigenvalue weighted by atomic mass is 16.4. The minimum Gasteiger partial charge on any atom is -0.481 e. The van der Waals surface area contributed by atoms with Gasteiger partial charge in [0.1, 0.15) is 0 Å². The van der Waals surface area contributed by atoms with Gasteiger partial charge in [0.25, 0.3) is 11.8 Å². The molecule has 6 heteroatoms. The van der Waals surface area contributed by atoms with E-state index >= 15 is 0 Å². The molecule has 0 saturated heterocycles. The van der Waals surface area contributed by atoms with E-state index in [1.807, 2.05) is 85.8 Å². The van der Waals surface area contributed by atoms with E-state index in [1.165, 1.54) is 0 Å². The van der Waals surface area contributed by atoms with Crippen molar-refractivity contribution in [3.63, 3.8) is 0 Å². The van der Waals surface area contributed by atoms with Crippen LogP contribution in [0.5, 0.6) is 0 Å². The van der Waals surface area contributed by atoms with Gasteiger partial charge >= 0.3 is 5.97 Å². The van der Waals surface area contributed by atoms with Gasteiger partial charge in [-0.25, -0.2) is 0 Å². The second-order valence-electron chi connectivity index (χ2n) is 9.55. The SMILES string of the molecule is Cc1ccc(-c2ccccc2C(=O)Nc2ccc(C(=O)N(C)c3ccccc3/C=C/CCCC(=O)O)cc2)cc1. The molecule has 4 aromatic rings. The largest absolute Gasteiger partial charge is 0.481 e. The summed E-state index contributed by atoms with van der Waals surface area (Å²) in [7, 11) is 1.72. The quantitative estimate of drug-likeness (QED) is 0.208. The summed E-state index contributed by atoms with van der Waals surface area (Å²) in [5, 5.41) is 11.7. The third-order valence-electron chi connectivity index (χ3n) is 6.59. The highest BCUT2D eigenvalue weighted by molar-refractivity contribution is 6.10. The fourth-order valence-corrected chi connectivity index (χ4v) is 4.38. The van der Waals surface area contributed by atoms with Crippen molar-refractivity contribution in [2.75, 3.05) is 17.3 Å². The molecule has 202 valence electrons. The molecule has 0 aliphatic rings.